The summed E-state index contributed by atoms with van der Waals surface area (Å²) in [4.78, 5) is 16.5. The fourth-order valence-corrected chi connectivity index (χ4v) is 3.07. The van der Waals surface area contributed by atoms with Crippen molar-refractivity contribution in [2.75, 3.05) is 12.1 Å². The van der Waals surface area contributed by atoms with Crippen LogP contribution in [0.5, 0.6) is 0 Å². The SMILES string of the molecule is CCO.Cc1ccc(Cl)c(C)c1.Cc1cccc(C)c1C(=O)c1ncc(Cl)cc1NO. The molecule has 31 heavy (non-hydrogen) atoms. The number of halogens is 2. The number of aryl methyl sites for hydroxylation is 4. The molecule has 0 aliphatic carbocycles. The fourth-order valence-electron chi connectivity index (χ4n) is 2.79. The number of carbonyl (C=O) groups is 1. The molecule has 3 aromatic rings. The van der Waals surface area contributed by atoms with E-state index in [1.54, 1.807) is 6.92 Å². The summed E-state index contributed by atoms with van der Waals surface area (Å²) in [6.07, 6.45) is 1.38. The molecule has 0 atom stereocenters. The first-order chi connectivity index (χ1) is 14.7. The van der Waals surface area contributed by atoms with Crippen molar-refractivity contribution in [1.82, 2.24) is 4.98 Å². The summed E-state index contributed by atoms with van der Waals surface area (Å²) >= 11 is 11.6. The van der Waals surface area contributed by atoms with Crippen molar-refractivity contribution in [2.45, 2.75) is 34.6 Å². The number of anilines is 1. The lowest BCUT2D eigenvalue weighted by Gasteiger charge is -2.11. The van der Waals surface area contributed by atoms with Gasteiger partial charge in [0.15, 0.2) is 0 Å². The zero-order valence-corrected chi connectivity index (χ0v) is 19.8. The number of aliphatic hydroxyl groups excluding tert-OH is 1. The molecule has 0 saturated carbocycles. The van der Waals surface area contributed by atoms with E-state index >= 15 is 0 Å². The van der Waals surface area contributed by atoms with E-state index in [0.717, 1.165) is 21.7 Å². The third-order valence-electron chi connectivity index (χ3n) is 4.21. The summed E-state index contributed by atoms with van der Waals surface area (Å²) in [6.45, 7) is 9.73. The highest BCUT2D eigenvalue weighted by atomic mass is 35.5. The van der Waals surface area contributed by atoms with Gasteiger partial charge in [-0.2, -0.15) is 0 Å². The molecule has 1 aromatic heterocycles. The van der Waals surface area contributed by atoms with Crippen molar-refractivity contribution in [1.29, 1.82) is 0 Å². The predicted molar refractivity (Wildman–Crippen MR) is 128 cm³/mol. The number of ketones is 1. The first kappa shape index (κ1) is 26.6. The standard InChI is InChI=1S/C14H13ClN2O2.C8H9Cl.C2H6O/c1-8-4-3-5-9(2)12(8)14(18)13-11(17-19)6-10(15)7-16-13;1-6-3-4-8(9)7(2)5-6;1-2-3/h3-7,17,19H,1-2H3;3-5H,1-2H3;3H,2H2,1H3. The van der Waals surface area contributed by atoms with Gasteiger partial charge < -0.3 is 5.11 Å². The quantitative estimate of drug-likeness (QED) is 0.312. The van der Waals surface area contributed by atoms with E-state index in [1.807, 2.05) is 56.6 Å². The van der Waals surface area contributed by atoms with Crippen LogP contribution in [0.2, 0.25) is 10.0 Å². The van der Waals surface area contributed by atoms with Crippen LogP contribution >= 0.6 is 23.2 Å². The number of carbonyl (C=O) groups excluding carboxylic acids is 1. The summed E-state index contributed by atoms with van der Waals surface area (Å²) in [5.41, 5.74) is 7.03. The molecule has 5 nitrogen and oxygen atoms in total. The smallest absolute Gasteiger partial charge is 0.214 e. The summed E-state index contributed by atoms with van der Waals surface area (Å²) < 4.78 is 0. The Morgan fingerprint density at radius 1 is 1.00 bits per heavy atom. The van der Waals surface area contributed by atoms with Crippen LogP contribution in [0.1, 0.15) is 45.2 Å². The largest absolute Gasteiger partial charge is 0.397 e. The van der Waals surface area contributed by atoms with Gasteiger partial charge in [-0.05, 0) is 63.4 Å². The minimum Gasteiger partial charge on any atom is -0.397 e. The Morgan fingerprint density at radius 3 is 2.06 bits per heavy atom. The number of nitrogens with zero attached hydrogens (tertiary/aromatic N) is 1. The molecular formula is C24H28Cl2N2O3. The minimum atomic E-state index is -0.246. The molecule has 0 bridgehead atoms. The molecule has 0 aliphatic heterocycles. The molecular weight excluding hydrogens is 435 g/mol. The molecule has 1 heterocycles. The first-order valence-electron chi connectivity index (χ1n) is 9.66. The Kier molecular flexibility index (Phi) is 11.2. The maximum Gasteiger partial charge on any atom is 0.214 e. The average molecular weight is 463 g/mol. The highest BCUT2D eigenvalue weighted by Gasteiger charge is 2.19. The van der Waals surface area contributed by atoms with Crippen LogP contribution < -0.4 is 5.48 Å². The van der Waals surface area contributed by atoms with Crippen molar-refractivity contribution in [2.24, 2.45) is 0 Å². The number of rotatable bonds is 3. The van der Waals surface area contributed by atoms with Gasteiger partial charge in [-0.15, -0.1) is 0 Å². The highest BCUT2D eigenvalue weighted by Crippen LogP contribution is 2.23. The lowest BCUT2D eigenvalue weighted by atomic mass is 9.97. The van der Waals surface area contributed by atoms with Crippen LogP contribution in [0.3, 0.4) is 0 Å². The number of aliphatic hydroxyl groups is 1. The van der Waals surface area contributed by atoms with Gasteiger partial charge in [0.05, 0.1) is 10.7 Å². The zero-order chi connectivity index (χ0) is 23.6. The summed E-state index contributed by atoms with van der Waals surface area (Å²) in [7, 11) is 0. The molecule has 0 radical (unpaired) electrons. The van der Waals surface area contributed by atoms with E-state index in [0.29, 0.717) is 10.6 Å². The second kappa shape index (κ2) is 13.1. The van der Waals surface area contributed by atoms with E-state index in [4.69, 9.17) is 33.5 Å². The van der Waals surface area contributed by atoms with E-state index in [-0.39, 0.29) is 23.8 Å². The molecule has 2 aromatic carbocycles. The van der Waals surface area contributed by atoms with E-state index < -0.39 is 0 Å². The van der Waals surface area contributed by atoms with Gasteiger partial charge in [-0.25, -0.2) is 4.98 Å². The highest BCUT2D eigenvalue weighted by molar-refractivity contribution is 6.31. The van der Waals surface area contributed by atoms with Crippen molar-refractivity contribution >= 4 is 34.7 Å². The molecule has 3 N–H and O–H groups in total. The van der Waals surface area contributed by atoms with Crippen LogP contribution in [0.25, 0.3) is 0 Å². The van der Waals surface area contributed by atoms with Crippen LogP contribution in [0, 0.1) is 27.7 Å². The number of aromatic nitrogens is 1. The Bertz CT molecular complexity index is 1000. The molecule has 0 aliphatic rings. The minimum absolute atomic E-state index is 0.143. The number of pyridine rings is 1. The lowest BCUT2D eigenvalue weighted by molar-refractivity contribution is 0.103. The number of hydrogen-bond donors (Lipinski definition) is 3. The third kappa shape index (κ3) is 7.96. The molecule has 7 heteroatoms. The number of hydrogen-bond acceptors (Lipinski definition) is 5. The van der Waals surface area contributed by atoms with Gasteiger partial charge >= 0.3 is 0 Å². The molecule has 0 unspecified atom stereocenters. The van der Waals surface area contributed by atoms with Gasteiger partial charge in [-0.1, -0.05) is 59.1 Å². The van der Waals surface area contributed by atoms with Crippen LogP contribution in [0.15, 0.2) is 48.7 Å². The topological polar surface area (TPSA) is 82.5 Å². The summed E-state index contributed by atoms with van der Waals surface area (Å²) in [5.74, 6) is -0.246. The molecule has 3 rings (SSSR count). The third-order valence-corrected chi connectivity index (χ3v) is 4.84. The molecule has 0 amide bonds. The van der Waals surface area contributed by atoms with E-state index in [2.05, 4.69) is 18.0 Å². The Balaban J connectivity index is 0.000000333. The predicted octanol–water partition coefficient (Wildman–Crippen LogP) is 6.34. The lowest BCUT2D eigenvalue weighted by Crippen LogP contribution is -2.11. The van der Waals surface area contributed by atoms with Gasteiger partial charge in [0.1, 0.15) is 5.69 Å². The zero-order valence-electron chi connectivity index (χ0n) is 18.3. The second-order valence-corrected chi connectivity index (χ2v) is 7.67. The summed E-state index contributed by atoms with van der Waals surface area (Å²) in [5, 5.41) is 17.8. The second-order valence-electron chi connectivity index (χ2n) is 6.83. The molecule has 0 spiro atoms. The Hall–Kier alpha value is -2.44. The van der Waals surface area contributed by atoms with Crippen LogP contribution in [-0.2, 0) is 0 Å². The van der Waals surface area contributed by atoms with Crippen molar-refractivity contribution in [3.8, 4) is 0 Å². The maximum atomic E-state index is 12.5. The Morgan fingerprint density at radius 2 is 1.58 bits per heavy atom. The molecule has 0 fully saturated rings. The first-order valence-corrected chi connectivity index (χ1v) is 10.4. The van der Waals surface area contributed by atoms with Crippen molar-refractivity contribution in [3.05, 3.63) is 92.2 Å². The van der Waals surface area contributed by atoms with Gasteiger partial charge in [-0.3, -0.25) is 15.5 Å². The fraction of sp³-hybridized carbons (Fsp3) is 0.250. The average Bonchev–Trinajstić information content (AvgIpc) is 2.71. The molecule has 166 valence electrons. The number of benzene rings is 2. The van der Waals surface area contributed by atoms with Gasteiger partial charge in [0.2, 0.25) is 5.78 Å². The van der Waals surface area contributed by atoms with E-state index in [9.17, 15) is 4.79 Å². The summed E-state index contributed by atoms with van der Waals surface area (Å²) in [6, 6.07) is 13.1. The van der Waals surface area contributed by atoms with Crippen molar-refractivity contribution in [3.63, 3.8) is 0 Å². The molecule has 0 saturated heterocycles. The van der Waals surface area contributed by atoms with Crippen molar-refractivity contribution < 1.29 is 15.1 Å². The van der Waals surface area contributed by atoms with Crippen LogP contribution in [0.4, 0.5) is 5.69 Å². The maximum absolute atomic E-state index is 12.5. The van der Waals surface area contributed by atoms with E-state index in [1.165, 1.54) is 17.8 Å². The number of nitrogens with one attached hydrogen (secondary N) is 1. The van der Waals surface area contributed by atoms with Crippen LogP contribution in [-0.4, -0.2) is 27.7 Å². The van der Waals surface area contributed by atoms with Gasteiger partial charge in [0, 0.05) is 23.4 Å². The monoisotopic (exact) mass is 462 g/mol. The normalized spacial score (nSPS) is 9.71. The van der Waals surface area contributed by atoms with Gasteiger partial charge in [0.25, 0.3) is 0 Å². The Labute approximate surface area is 193 Å².